The van der Waals surface area contributed by atoms with E-state index in [0.717, 1.165) is 15.5 Å². The SMILES string of the molecule is COc1ccc(C(=S)SC)cc1. The van der Waals surface area contributed by atoms with Gasteiger partial charge in [-0.15, -0.1) is 11.8 Å². The number of thioether (sulfide) groups is 1. The lowest BCUT2D eigenvalue weighted by molar-refractivity contribution is 0.415. The molecule has 0 aromatic heterocycles. The summed E-state index contributed by atoms with van der Waals surface area (Å²) in [5.74, 6) is 0.864. The summed E-state index contributed by atoms with van der Waals surface area (Å²) in [6.07, 6.45) is 1.98. The first-order chi connectivity index (χ1) is 5.77. The number of ether oxygens (including phenoxy) is 1. The molecule has 0 N–H and O–H groups in total. The van der Waals surface area contributed by atoms with Crippen molar-refractivity contribution < 1.29 is 4.74 Å². The molecule has 0 atom stereocenters. The Morgan fingerprint density at radius 2 is 1.92 bits per heavy atom. The third kappa shape index (κ3) is 2.22. The van der Waals surface area contributed by atoms with Crippen molar-refractivity contribution in [2.24, 2.45) is 0 Å². The zero-order valence-electron chi connectivity index (χ0n) is 7.03. The molecular weight excluding hydrogens is 188 g/mol. The molecule has 1 aromatic rings. The van der Waals surface area contributed by atoms with Gasteiger partial charge in [-0.1, -0.05) is 12.2 Å². The van der Waals surface area contributed by atoms with Crippen molar-refractivity contribution in [3.05, 3.63) is 29.8 Å². The van der Waals surface area contributed by atoms with Crippen molar-refractivity contribution in [1.82, 2.24) is 0 Å². The van der Waals surface area contributed by atoms with Crippen LogP contribution in [0.25, 0.3) is 0 Å². The van der Waals surface area contributed by atoms with E-state index in [2.05, 4.69) is 0 Å². The topological polar surface area (TPSA) is 9.23 Å². The van der Waals surface area contributed by atoms with Crippen LogP contribution in [0, 0.1) is 0 Å². The lowest BCUT2D eigenvalue weighted by atomic mass is 10.2. The zero-order valence-corrected chi connectivity index (χ0v) is 8.67. The van der Waals surface area contributed by atoms with Gasteiger partial charge in [0, 0.05) is 0 Å². The summed E-state index contributed by atoms with van der Waals surface area (Å²) in [6.45, 7) is 0. The first kappa shape index (κ1) is 9.55. The van der Waals surface area contributed by atoms with Crippen LogP contribution in [-0.4, -0.2) is 17.6 Å². The molecule has 0 aliphatic heterocycles. The van der Waals surface area contributed by atoms with Crippen LogP contribution in [0.4, 0.5) is 0 Å². The lowest BCUT2D eigenvalue weighted by Gasteiger charge is -2.01. The van der Waals surface area contributed by atoms with Gasteiger partial charge in [-0.3, -0.25) is 0 Å². The molecule has 0 aliphatic rings. The third-order valence-electron chi connectivity index (χ3n) is 1.51. The highest BCUT2D eigenvalue weighted by Crippen LogP contribution is 2.15. The Morgan fingerprint density at radius 1 is 1.33 bits per heavy atom. The van der Waals surface area contributed by atoms with Gasteiger partial charge in [0.1, 0.15) is 5.75 Å². The van der Waals surface area contributed by atoms with Crippen LogP contribution in [0.2, 0.25) is 0 Å². The highest BCUT2D eigenvalue weighted by Gasteiger charge is 1.98. The summed E-state index contributed by atoms with van der Waals surface area (Å²) in [6, 6.07) is 7.77. The predicted molar refractivity (Wildman–Crippen MR) is 58.2 cm³/mol. The van der Waals surface area contributed by atoms with Gasteiger partial charge in [-0.2, -0.15) is 0 Å². The standard InChI is InChI=1S/C9H10OS2/c1-10-8-5-3-7(4-6-8)9(11)12-2/h3-6H,1-2H3. The van der Waals surface area contributed by atoms with Crippen LogP contribution in [-0.2, 0) is 0 Å². The summed E-state index contributed by atoms with van der Waals surface area (Å²) < 4.78 is 5.95. The zero-order chi connectivity index (χ0) is 8.97. The minimum atomic E-state index is 0.864. The Labute approximate surface area is 82.1 Å². The van der Waals surface area contributed by atoms with Gasteiger partial charge in [0.25, 0.3) is 0 Å². The second kappa shape index (κ2) is 4.48. The van der Waals surface area contributed by atoms with E-state index in [-0.39, 0.29) is 0 Å². The van der Waals surface area contributed by atoms with Crippen LogP contribution in [0.15, 0.2) is 24.3 Å². The van der Waals surface area contributed by atoms with E-state index >= 15 is 0 Å². The lowest BCUT2D eigenvalue weighted by Crippen LogP contribution is -1.90. The van der Waals surface area contributed by atoms with E-state index in [0.29, 0.717) is 0 Å². The predicted octanol–water partition coefficient (Wildman–Crippen LogP) is 2.73. The molecule has 0 heterocycles. The van der Waals surface area contributed by atoms with Crippen molar-refractivity contribution in [3.63, 3.8) is 0 Å². The molecule has 12 heavy (non-hydrogen) atoms. The van der Waals surface area contributed by atoms with Crippen LogP contribution < -0.4 is 4.74 Å². The van der Waals surface area contributed by atoms with Crippen molar-refractivity contribution in [2.75, 3.05) is 13.4 Å². The second-order valence-corrected chi connectivity index (χ2v) is 3.70. The van der Waals surface area contributed by atoms with Gasteiger partial charge in [0.2, 0.25) is 0 Å². The normalized spacial score (nSPS) is 9.50. The van der Waals surface area contributed by atoms with Gasteiger partial charge in [-0.05, 0) is 36.1 Å². The summed E-state index contributed by atoms with van der Waals surface area (Å²) >= 11 is 6.71. The molecule has 0 bridgehead atoms. The number of methoxy groups -OCH3 is 1. The fourth-order valence-electron chi connectivity index (χ4n) is 0.845. The summed E-state index contributed by atoms with van der Waals surface area (Å²) in [4.78, 5) is 0. The Bertz CT molecular complexity index is 266. The summed E-state index contributed by atoms with van der Waals surface area (Å²) in [5, 5.41) is 0. The van der Waals surface area contributed by atoms with Gasteiger partial charge < -0.3 is 4.74 Å². The molecule has 1 nitrogen and oxygen atoms in total. The van der Waals surface area contributed by atoms with Crippen LogP contribution >= 0.6 is 24.0 Å². The molecule has 0 saturated carbocycles. The molecule has 0 spiro atoms. The maximum absolute atomic E-state index is 5.12. The molecular formula is C9H10OS2. The van der Waals surface area contributed by atoms with E-state index < -0.39 is 0 Å². The average Bonchev–Trinajstić information content (AvgIpc) is 2.17. The van der Waals surface area contributed by atoms with E-state index in [4.69, 9.17) is 17.0 Å². The number of thiocarbonyl (C=S) groups is 1. The molecule has 0 unspecified atom stereocenters. The Hall–Kier alpha value is -0.540. The van der Waals surface area contributed by atoms with Crippen molar-refractivity contribution in [1.29, 1.82) is 0 Å². The molecule has 0 amide bonds. The van der Waals surface area contributed by atoms with E-state index in [1.54, 1.807) is 18.9 Å². The molecule has 0 radical (unpaired) electrons. The van der Waals surface area contributed by atoms with Crippen molar-refractivity contribution >= 4 is 28.2 Å². The third-order valence-corrected chi connectivity index (χ3v) is 2.85. The van der Waals surface area contributed by atoms with Crippen LogP contribution in [0.5, 0.6) is 5.75 Å². The minimum absolute atomic E-state index is 0.864. The van der Waals surface area contributed by atoms with Crippen LogP contribution in [0.1, 0.15) is 5.56 Å². The average molecular weight is 198 g/mol. The van der Waals surface area contributed by atoms with Gasteiger partial charge in [0.05, 0.1) is 11.3 Å². The van der Waals surface area contributed by atoms with Crippen molar-refractivity contribution in [3.8, 4) is 5.75 Å². The largest absolute Gasteiger partial charge is 0.497 e. The molecule has 1 aromatic carbocycles. The van der Waals surface area contributed by atoms with Gasteiger partial charge >= 0.3 is 0 Å². The fraction of sp³-hybridized carbons (Fsp3) is 0.222. The monoisotopic (exact) mass is 198 g/mol. The van der Waals surface area contributed by atoms with Crippen LogP contribution in [0.3, 0.4) is 0 Å². The van der Waals surface area contributed by atoms with E-state index in [1.807, 2.05) is 30.5 Å². The maximum atomic E-state index is 5.12. The van der Waals surface area contributed by atoms with Crippen molar-refractivity contribution in [2.45, 2.75) is 0 Å². The summed E-state index contributed by atoms with van der Waals surface area (Å²) in [7, 11) is 1.65. The fourth-order valence-corrected chi connectivity index (χ4v) is 1.35. The quantitative estimate of drug-likeness (QED) is 0.676. The number of hydrogen-bond donors (Lipinski definition) is 0. The smallest absolute Gasteiger partial charge is 0.118 e. The first-order valence-corrected chi connectivity index (χ1v) is 5.13. The molecule has 64 valence electrons. The summed E-state index contributed by atoms with van der Waals surface area (Å²) in [5.41, 5.74) is 1.08. The number of rotatable bonds is 2. The Kier molecular flexibility index (Phi) is 3.56. The molecule has 0 aliphatic carbocycles. The minimum Gasteiger partial charge on any atom is -0.497 e. The number of hydrogen-bond acceptors (Lipinski definition) is 3. The molecule has 0 fully saturated rings. The van der Waals surface area contributed by atoms with Gasteiger partial charge in [0.15, 0.2) is 0 Å². The van der Waals surface area contributed by atoms with E-state index in [9.17, 15) is 0 Å². The molecule has 1 rings (SSSR count). The molecule has 3 heteroatoms. The van der Waals surface area contributed by atoms with E-state index in [1.165, 1.54) is 0 Å². The van der Waals surface area contributed by atoms with Gasteiger partial charge in [-0.25, -0.2) is 0 Å². The molecule has 0 saturated heterocycles. The maximum Gasteiger partial charge on any atom is 0.118 e. The first-order valence-electron chi connectivity index (χ1n) is 3.50. The highest BCUT2D eigenvalue weighted by molar-refractivity contribution is 8.23. The Balaban J connectivity index is 2.84. The number of benzene rings is 1. The highest BCUT2D eigenvalue weighted by atomic mass is 32.2. The Morgan fingerprint density at radius 3 is 2.33 bits per heavy atom. The second-order valence-electron chi connectivity index (χ2n) is 2.22.